The Hall–Kier alpha value is -2.66. The van der Waals surface area contributed by atoms with Gasteiger partial charge < -0.3 is 5.21 Å². The lowest BCUT2D eigenvalue weighted by molar-refractivity contribution is -0.782. The molecule has 0 atom stereocenters. The molecule has 0 saturated carbocycles. The second-order valence-corrected chi connectivity index (χ2v) is 4.82. The van der Waals surface area contributed by atoms with Crippen LogP contribution in [-0.2, 0) is 0 Å². The molecule has 21 heavy (non-hydrogen) atoms. The van der Waals surface area contributed by atoms with Crippen molar-refractivity contribution in [3.05, 3.63) is 69.9 Å². The van der Waals surface area contributed by atoms with Gasteiger partial charge in [0.1, 0.15) is 0 Å². The van der Waals surface area contributed by atoms with E-state index in [0.29, 0.717) is 32.1 Å². The van der Waals surface area contributed by atoms with Crippen LogP contribution >= 0.6 is 11.6 Å². The summed E-state index contributed by atoms with van der Waals surface area (Å²) in [6.07, 6.45) is 3.07. The standard InChI is InChI=1S/C15H9ClN2O3/c16-12-5-3-11(4-6-12)15(19)8-2-10-1-7-13-14(9-10)18(20)21-17-13/h1-9H/b8-2+. The number of benzene rings is 2. The lowest BCUT2D eigenvalue weighted by atomic mass is 10.1. The molecule has 3 rings (SSSR count). The molecule has 0 aliphatic heterocycles. The third-order valence-electron chi connectivity index (χ3n) is 2.97. The molecule has 0 amide bonds. The summed E-state index contributed by atoms with van der Waals surface area (Å²) < 4.78 is 4.48. The van der Waals surface area contributed by atoms with Crippen molar-refractivity contribution in [1.82, 2.24) is 5.16 Å². The van der Waals surface area contributed by atoms with Crippen LogP contribution < -0.4 is 4.90 Å². The lowest BCUT2D eigenvalue weighted by Crippen LogP contribution is -2.22. The van der Waals surface area contributed by atoms with Crippen LogP contribution in [0.1, 0.15) is 15.9 Å². The lowest BCUT2D eigenvalue weighted by Gasteiger charge is -1.96. The molecule has 1 aromatic heterocycles. The van der Waals surface area contributed by atoms with Crippen molar-refractivity contribution in [2.45, 2.75) is 0 Å². The Morgan fingerprint density at radius 3 is 2.76 bits per heavy atom. The fourth-order valence-electron chi connectivity index (χ4n) is 1.87. The van der Waals surface area contributed by atoms with Gasteiger partial charge in [0.2, 0.25) is 11.0 Å². The zero-order chi connectivity index (χ0) is 14.8. The van der Waals surface area contributed by atoms with Gasteiger partial charge in [-0.05, 0) is 46.9 Å². The first-order valence-electron chi connectivity index (χ1n) is 6.11. The van der Waals surface area contributed by atoms with Crippen molar-refractivity contribution in [2.24, 2.45) is 0 Å². The molecule has 5 nitrogen and oxygen atoms in total. The fraction of sp³-hybridized carbons (Fsp3) is 0. The van der Waals surface area contributed by atoms with Gasteiger partial charge in [-0.2, -0.15) is 0 Å². The Labute approximate surface area is 124 Å². The molecular formula is C15H9ClN2O3. The van der Waals surface area contributed by atoms with E-state index in [0.717, 1.165) is 0 Å². The van der Waals surface area contributed by atoms with E-state index < -0.39 is 0 Å². The summed E-state index contributed by atoms with van der Waals surface area (Å²) in [5.74, 6) is -0.146. The SMILES string of the molecule is O=C(/C=C/c1ccc2no[n+]([O-])c2c1)c1ccc(Cl)cc1. The number of carbonyl (C=O) groups is 1. The highest BCUT2D eigenvalue weighted by molar-refractivity contribution is 6.30. The van der Waals surface area contributed by atoms with E-state index in [1.807, 2.05) is 0 Å². The second-order valence-electron chi connectivity index (χ2n) is 4.38. The molecule has 2 aromatic carbocycles. The Morgan fingerprint density at radius 2 is 2.00 bits per heavy atom. The number of rotatable bonds is 3. The maximum Gasteiger partial charge on any atom is 0.248 e. The smallest absolute Gasteiger partial charge is 0.248 e. The highest BCUT2D eigenvalue weighted by atomic mass is 35.5. The number of hydrogen-bond acceptors (Lipinski definition) is 4. The third-order valence-corrected chi connectivity index (χ3v) is 3.22. The minimum Gasteiger partial charge on any atom is -0.359 e. The molecule has 0 aliphatic rings. The maximum atomic E-state index is 12.0. The average Bonchev–Trinajstić information content (AvgIpc) is 2.87. The van der Waals surface area contributed by atoms with Gasteiger partial charge in [0.25, 0.3) is 0 Å². The van der Waals surface area contributed by atoms with Gasteiger partial charge in [0.05, 0.1) is 0 Å². The number of carbonyl (C=O) groups excluding carboxylic acids is 1. The van der Waals surface area contributed by atoms with Crippen LogP contribution in [0.2, 0.25) is 5.02 Å². The molecule has 0 radical (unpaired) electrons. The van der Waals surface area contributed by atoms with Gasteiger partial charge in [0.15, 0.2) is 5.78 Å². The summed E-state index contributed by atoms with van der Waals surface area (Å²) in [6, 6.07) is 11.6. The van der Waals surface area contributed by atoms with Crippen LogP contribution in [-0.4, -0.2) is 10.9 Å². The fourth-order valence-corrected chi connectivity index (χ4v) is 2.00. The van der Waals surface area contributed by atoms with Crippen molar-refractivity contribution < 1.29 is 14.3 Å². The molecule has 0 fully saturated rings. The molecule has 1 heterocycles. The van der Waals surface area contributed by atoms with Crippen LogP contribution in [0.4, 0.5) is 0 Å². The van der Waals surface area contributed by atoms with E-state index in [2.05, 4.69) is 9.79 Å². The molecule has 0 bridgehead atoms. The van der Waals surface area contributed by atoms with Crippen molar-refractivity contribution in [3.63, 3.8) is 0 Å². The molecule has 0 saturated heterocycles. The molecule has 104 valence electrons. The van der Waals surface area contributed by atoms with Gasteiger partial charge in [-0.1, -0.05) is 23.7 Å². The Kier molecular flexibility index (Phi) is 3.41. The number of aromatic nitrogens is 2. The van der Waals surface area contributed by atoms with Gasteiger partial charge in [0, 0.05) is 21.8 Å². The molecule has 6 heteroatoms. The first-order chi connectivity index (χ1) is 10.1. The molecule has 0 spiro atoms. The van der Waals surface area contributed by atoms with Crippen molar-refractivity contribution in [2.75, 3.05) is 0 Å². The van der Waals surface area contributed by atoms with Crippen LogP contribution in [0.25, 0.3) is 17.1 Å². The summed E-state index contributed by atoms with van der Waals surface area (Å²) in [5, 5.41) is 15.5. The van der Waals surface area contributed by atoms with Crippen molar-refractivity contribution in [3.8, 4) is 0 Å². The van der Waals surface area contributed by atoms with E-state index in [-0.39, 0.29) is 5.78 Å². The summed E-state index contributed by atoms with van der Waals surface area (Å²) in [7, 11) is 0. The zero-order valence-electron chi connectivity index (χ0n) is 10.7. The Morgan fingerprint density at radius 1 is 1.24 bits per heavy atom. The topological polar surface area (TPSA) is 70.0 Å². The second kappa shape index (κ2) is 5.38. The maximum absolute atomic E-state index is 12.0. The normalized spacial score (nSPS) is 11.3. The van der Waals surface area contributed by atoms with E-state index in [4.69, 9.17) is 11.6 Å². The summed E-state index contributed by atoms with van der Waals surface area (Å²) in [6.45, 7) is 0. The van der Waals surface area contributed by atoms with E-state index in [1.165, 1.54) is 6.08 Å². The highest BCUT2D eigenvalue weighted by Gasteiger charge is 2.08. The number of ketones is 1. The van der Waals surface area contributed by atoms with Gasteiger partial charge in [-0.15, -0.1) is 0 Å². The summed E-state index contributed by atoms with van der Waals surface area (Å²) in [4.78, 5) is 12.3. The van der Waals surface area contributed by atoms with Crippen LogP contribution in [0.15, 0.2) is 53.2 Å². The number of fused-ring (bicyclic) bond motifs is 1. The predicted octanol–water partition coefficient (Wildman–Crippen LogP) is 3.01. The number of allylic oxidation sites excluding steroid dienone is 1. The molecule has 0 N–H and O–H groups in total. The highest BCUT2D eigenvalue weighted by Crippen LogP contribution is 2.13. The molecule has 3 aromatic rings. The van der Waals surface area contributed by atoms with E-state index in [9.17, 15) is 10.0 Å². The summed E-state index contributed by atoms with van der Waals surface area (Å²) in [5.41, 5.74) is 2.03. The molecular weight excluding hydrogens is 292 g/mol. The van der Waals surface area contributed by atoms with Gasteiger partial charge in [-0.3, -0.25) is 9.42 Å². The van der Waals surface area contributed by atoms with Crippen molar-refractivity contribution >= 4 is 34.5 Å². The van der Waals surface area contributed by atoms with Crippen molar-refractivity contribution in [1.29, 1.82) is 0 Å². The quantitative estimate of drug-likeness (QED) is 0.423. The largest absolute Gasteiger partial charge is 0.359 e. The van der Waals surface area contributed by atoms with Crippen LogP contribution in [0.5, 0.6) is 0 Å². The average molecular weight is 301 g/mol. The number of nitrogens with zero attached hydrogens (tertiary/aromatic N) is 2. The Bertz CT molecular complexity index is 838. The monoisotopic (exact) mass is 300 g/mol. The Balaban J connectivity index is 1.85. The van der Waals surface area contributed by atoms with E-state index >= 15 is 0 Å². The zero-order valence-corrected chi connectivity index (χ0v) is 11.4. The third kappa shape index (κ3) is 2.78. The minimum atomic E-state index is -0.146. The first-order valence-corrected chi connectivity index (χ1v) is 6.49. The first kappa shape index (κ1) is 13.3. The molecule has 0 aliphatic carbocycles. The van der Waals surface area contributed by atoms with Crippen LogP contribution in [0.3, 0.4) is 0 Å². The molecule has 0 unspecified atom stereocenters. The number of halogens is 1. The van der Waals surface area contributed by atoms with Gasteiger partial charge in [-0.25, -0.2) is 0 Å². The minimum absolute atomic E-state index is 0.146. The van der Waals surface area contributed by atoms with Gasteiger partial charge >= 0.3 is 0 Å². The predicted molar refractivity (Wildman–Crippen MR) is 77.8 cm³/mol. The van der Waals surface area contributed by atoms with Crippen LogP contribution in [0, 0.1) is 5.21 Å². The summed E-state index contributed by atoms with van der Waals surface area (Å²) >= 11 is 5.77. The number of hydrogen-bond donors (Lipinski definition) is 0. The van der Waals surface area contributed by atoms with E-state index in [1.54, 1.807) is 48.5 Å².